The van der Waals surface area contributed by atoms with Crippen LogP contribution in [-0.4, -0.2) is 13.9 Å². The van der Waals surface area contributed by atoms with Crippen LogP contribution in [0.3, 0.4) is 0 Å². The average molecular weight is 367 g/mol. The molecule has 0 saturated heterocycles. The first-order chi connectivity index (χ1) is 11.5. The number of hydrogen-bond acceptors (Lipinski definition) is 2. The fraction of sp³-hybridized carbons (Fsp3) is 0.400. The highest BCUT2D eigenvalue weighted by atomic mass is 35.5. The summed E-state index contributed by atoms with van der Waals surface area (Å²) in [6.45, 7) is 6.65. The Morgan fingerprint density at radius 1 is 1.08 bits per heavy atom. The molecular weight excluding hydrogens is 343 g/mol. The van der Waals surface area contributed by atoms with Crippen molar-refractivity contribution in [2.75, 3.05) is 13.9 Å². The number of rotatable bonds is 7. The van der Waals surface area contributed by atoms with Gasteiger partial charge in [0, 0.05) is 18.0 Å². The van der Waals surface area contributed by atoms with Gasteiger partial charge in [0.1, 0.15) is 5.75 Å². The first-order valence-corrected chi connectivity index (χ1v) is 8.96. The lowest BCUT2D eigenvalue weighted by Crippen LogP contribution is -2.04. The number of halogens is 2. The highest BCUT2D eigenvalue weighted by Crippen LogP contribution is 2.31. The number of ether oxygens (including phenoxy) is 2. The molecule has 0 bridgehead atoms. The number of methoxy groups -OCH3 is 1. The Morgan fingerprint density at radius 2 is 1.83 bits per heavy atom. The molecule has 0 unspecified atom stereocenters. The molecule has 0 aromatic heterocycles. The summed E-state index contributed by atoms with van der Waals surface area (Å²) in [5.74, 6) is 1.71. The van der Waals surface area contributed by atoms with Gasteiger partial charge < -0.3 is 9.47 Å². The molecule has 0 aliphatic rings. The summed E-state index contributed by atoms with van der Waals surface area (Å²) < 4.78 is 10.7. The molecule has 0 fully saturated rings. The van der Waals surface area contributed by atoms with Gasteiger partial charge in [0.2, 0.25) is 0 Å². The molecular formula is C20H24Cl2O2. The van der Waals surface area contributed by atoms with Crippen LogP contribution >= 0.6 is 23.2 Å². The molecule has 24 heavy (non-hydrogen) atoms. The summed E-state index contributed by atoms with van der Waals surface area (Å²) in [7, 11) is 1.62. The molecule has 0 aliphatic carbocycles. The van der Waals surface area contributed by atoms with Crippen molar-refractivity contribution in [1.82, 2.24) is 0 Å². The van der Waals surface area contributed by atoms with E-state index in [4.69, 9.17) is 32.7 Å². The van der Waals surface area contributed by atoms with Crippen LogP contribution in [0.15, 0.2) is 30.3 Å². The van der Waals surface area contributed by atoms with E-state index in [1.807, 2.05) is 12.1 Å². The Kier molecular flexibility index (Phi) is 6.97. The highest BCUT2D eigenvalue weighted by Gasteiger charge is 2.12. The van der Waals surface area contributed by atoms with Gasteiger partial charge in [-0.25, -0.2) is 0 Å². The van der Waals surface area contributed by atoms with Gasteiger partial charge in [-0.15, -0.1) is 11.6 Å². The van der Waals surface area contributed by atoms with Crippen molar-refractivity contribution in [3.8, 4) is 5.75 Å². The maximum atomic E-state index is 6.47. The lowest BCUT2D eigenvalue weighted by atomic mass is 9.94. The first kappa shape index (κ1) is 19.1. The summed E-state index contributed by atoms with van der Waals surface area (Å²) in [6, 6.07) is 10.4. The van der Waals surface area contributed by atoms with E-state index in [0.717, 1.165) is 28.3 Å². The second-order valence-corrected chi connectivity index (χ2v) is 6.94. The van der Waals surface area contributed by atoms with Crippen molar-refractivity contribution in [1.29, 1.82) is 0 Å². The molecule has 0 amide bonds. The van der Waals surface area contributed by atoms with Crippen molar-refractivity contribution < 1.29 is 9.47 Å². The minimum absolute atomic E-state index is 0.254. The van der Waals surface area contributed by atoms with Crippen molar-refractivity contribution >= 4 is 23.2 Å². The molecule has 0 radical (unpaired) electrons. The topological polar surface area (TPSA) is 18.5 Å². The number of aryl methyl sites for hydroxylation is 1. The lowest BCUT2D eigenvalue weighted by molar-refractivity contribution is 0.0502. The van der Waals surface area contributed by atoms with Gasteiger partial charge in [-0.05, 0) is 59.2 Å². The fourth-order valence-electron chi connectivity index (χ4n) is 2.76. The van der Waals surface area contributed by atoms with Crippen LogP contribution in [0.4, 0.5) is 0 Å². The van der Waals surface area contributed by atoms with Crippen molar-refractivity contribution in [2.45, 2.75) is 39.0 Å². The fourth-order valence-corrected chi connectivity index (χ4v) is 3.27. The smallest absolute Gasteiger partial charge is 0.188 e. The minimum atomic E-state index is 0.254. The van der Waals surface area contributed by atoms with Gasteiger partial charge >= 0.3 is 0 Å². The van der Waals surface area contributed by atoms with Crippen molar-refractivity contribution in [3.63, 3.8) is 0 Å². The van der Waals surface area contributed by atoms with Gasteiger partial charge in [-0.3, -0.25) is 0 Å². The van der Waals surface area contributed by atoms with Gasteiger partial charge in [0.25, 0.3) is 0 Å². The molecule has 0 heterocycles. The summed E-state index contributed by atoms with van der Waals surface area (Å²) in [5.41, 5.74) is 5.76. The van der Waals surface area contributed by atoms with Gasteiger partial charge in [-0.1, -0.05) is 43.6 Å². The van der Waals surface area contributed by atoms with E-state index >= 15 is 0 Å². The quantitative estimate of drug-likeness (QED) is 0.436. The second kappa shape index (κ2) is 8.75. The molecule has 4 heteroatoms. The zero-order valence-corrected chi connectivity index (χ0v) is 16.2. The first-order valence-electron chi connectivity index (χ1n) is 8.04. The average Bonchev–Trinajstić information content (AvgIpc) is 2.56. The predicted octanol–water partition coefficient (Wildman–Crippen LogP) is 6.08. The normalized spacial score (nSPS) is 11.1. The molecule has 130 valence electrons. The van der Waals surface area contributed by atoms with Crippen molar-refractivity contribution in [2.24, 2.45) is 0 Å². The maximum absolute atomic E-state index is 6.47. The standard InChI is InChI=1S/C20H24Cl2O2/c1-13(2)17-8-15(5-6-20(17)24-12-23-4)9-18-14(3)7-16(11-21)10-19(18)22/h5-8,10,13H,9,11-12H2,1-4H3. The summed E-state index contributed by atoms with van der Waals surface area (Å²) >= 11 is 12.4. The molecule has 2 nitrogen and oxygen atoms in total. The van der Waals surface area contributed by atoms with Gasteiger partial charge in [0.05, 0.1) is 0 Å². The van der Waals surface area contributed by atoms with Gasteiger partial charge in [-0.2, -0.15) is 0 Å². The van der Waals surface area contributed by atoms with E-state index in [9.17, 15) is 0 Å². The SMILES string of the molecule is COCOc1ccc(Cc2c(C)cc(CCl)cc2Cl)cc1C(C)C. The van der Waals surface area contributed by atoms with Crippen LogP contribution in [0.25, 0.3) is 0 Å². The third-order valence-corrected chi connectivity index (χ3v) is 4.69. The van der Waals surface area contributed by atoms with E-state index in [1.54, 1.807) is 7.11 Å². The summed E-state index contributed by atoms with van der Waals surface area (Å²) in [6.07, 6.45) is 0.789. The maximum Gasteiger partial charge on any atom is 0.188 e. The second-order valence-electron chi connectivity index (χ2n) is 6.26. The van der Waals surface area contributed by atoms with Crippen LogP contribution < -0.4 is 4.74 Å². The van der Waals surface area contributed by atoms with Gasteiger partial charge in [0.15, 0.2) is 6.79 Å². The van der Waals surface area contributed by atoms with Crippen LogP contribution in [0.1, 0.15) is 47.6 Å². The van der Waals surface area contributed by atoms with E-state index in [-0.39, 0.29) is 6.79 Å². The molecule has 0 aliphatic heterocycles. The van der Waals surface area contributed by atoms with E-state index < -0.39 is 0 Å². The predicted molar refractivity (Wildman–Crippen MR) is 102 cm³/mol. The third-order valence-electron chi connectivity index (χ3n) is 4.04. The zero-order valence-electron chi connectivity index (χ0n) is 14.7. The number of alkyl halides is 1. The minimum Gasteiger partial charge on any atom is -0.467 e. The third kappa shape index (κ3) is 4.66. The van der Waals surface area contributed by atoms with Crippen LogP contribution in [0, 0.1) is 6.92 Å². The van der Waals surface area contributed by atoms with Crippen molar-refractivity contribution in [3.05, 3.63) is 63.2 Å². The molecule has 0 N–H and O–H groups in total. The monoisotopic (exact) mass is 366 g/mol. The van der Waals surface area contributed by atoms with E-state index in [2.05, 4.69) is 39.0 Å². The molecule has 2 aromatic carbocycles. The van der Waals surface area contributed by atoms with E-state index in [0.29, 0.717) is 11.8 Å². The molecule has 0 atom stereocenters. The Morgan fingerprint density at radius 3 is 2.42 bits per heavy atom. The highest BCUT2D eigenvalue weighted by molar-refractivity contribution is 6.31. The lowest BCUT2D eigenvalue weighted by Gasteiger charge is -2.16. The van der Waals surface area contributed by atoms with Crippen LogP contribution in [-0.2, 0) is 17.0 Å². The number of hydrogen-bond donors (Lipinski definition) is 0. The Labute approximate surface area is 154 Å². The van der Waals surface area contributed by atoms with Crippen LogP contribution in [0.2, 0.25) is 5.02 Å². The Hall–Kier alpha value is -1.22. The molecule has 2 aromatic rings. The summed E-state index contributed by atoms with van der Waals surface area (Å²) in [5, 5.41) is 0.774. The molecule has 2 rings (SSSR count). The van der Waals surface area contributed by atoms with E-state index in [1.165, 1.54) is 16.7 Å². The largest absolute Gasteiger partial charge is 0.467 e. The Balaban J connectivity index is 2.32. The number of benzene rings is 2. The zero-order chi connectivity index (χ0) is 17.7. The summed E-state index contributed by atoms with van der Waals surface area (Å²) in [4.78, 5) is 0. The Bertz CT molecular complexity index is 673. The molecule has 0 saturated carbocycles. The van der Waals surface area contributed by atoms with Crippen LogP contribution in [0.5, 0.6) is 5.75 Å². The molecule has 0 spiro atoms.